The van der Waals surface area contributed by atoms with E-state index in [4.69, 9.17) is 9.26 Å². The van der Waals surface area contributed by atoms with E-state index in [1.807, 2.05) is 6.92 Å². The van der Waals surface area contributed by atoms with Gasteiger partial charge < -0.3 is 14.2 Å². The van der Waals surface area contributed by atoms with Gasteiger partial charge in [0.2, 0.25) is 0 Å². The Labute approximate surface area is 170 Å². The van der Waals surface area contributed by atoms with Crippen molar-refractivity contribution >= 4 is 5.91 Å². The number of halogens is 3. The van der Waals surface area contributed by atoms with Crippen LogP contribution in [0.15, 0.2) is 40.9 Å². The lowest BCUT2D eigenvalue weighted by atomic mass is 10.1. The summed E-state index contributed by atoms with van der Waals surface area (Å²) in [5, 5.41) is 3.94. The number of pyridine rings is 1. The highest BCUT2D eigenvalue weighted by Crippen LogP contribution is 2.31. The van der Waals surface area contributed by atoms with Crippen molar-refractivity contribution in [2.45, 2.75) is 33.1 Å². The van der Waals surface area contributed by atoms with E-state index in [1.54, 1.807) is 19.1 Å². The maximum atomic E-state index is 12.8. The molecule has 30 heavy (non-hydrogen) atoms. The standard InChI is InChI=1S/C21H18F3N3O3/c1-12-20(13(2)30-26-12)16-7-8-18-17(25-16)10-27(19(28)11-29-18)9-14-3-5-15(6-4-14)21(22,23)24/h3-8H,9-11H2,1-2H3. The minimum absolute atomic E-state index is 0.150. The van der Waals surface area contributed by atoms with Crippen molar-refractivity contribution in [3.8, 4) is 17.0 Å². The summed E-state index contributed by atoms with van der Waals surface area (Å²) in [6.45, 7) is 3.76. The molecule has 0 unspecified atom stereocenters. The maximum Gasteiger partial charge on any atom is 0.416 e. The van der Waals surface area contributed by atoms with Gasteiger partial charge >= 0.3 is 6.18 Å². The first kappa shape index (κ1) is 19.9. The van der Waals surface area contributed by atoms with Crippen molar-refractivity contribution in [2.75, 3.05) is 6.61 Å². The van der Waals surface area contributed by atoms with Crippen molar-refractivity contribution in [2.24, 2.45) is 0 Å². The predicted molar refractivity (Wildman–Crippen MR) is 100 cm³/mol. The molecule has 0 N–H and O–H groups in total. The predicted octanol–water partition coefficient (Wildman–Crippen LogP) is 4.29. The van der Waals surface area contributed by atoms with Crippen LogP contribution in [0.3, 0.4) is 0 Å². The van der Waals surface area contributed by atoms with Gasteiger partial charge in [0.25, 0.3) is 5.91 Å². The largest absolute Gasteiger partial charge is 0.482 e. The molecule has 1 aliphatic rings. The Morgan fingerprint density at radius 2 is 1.83 bits per heavy atom. The number of carbonyl (C=O) groups excluding carboxylic acids is 1. The van der Waals surface area contributed by atoms with Gasteiger partial charge in [-0.15, -0.1) is 0 Å². The van der Waals surface area contributed by atoms with Crippen molar-refractivity contribution in [1.29, 1.82) is 0 Å². The van der Waals surface area contributed by atoms with E-state index in [-0.39, 0.29) is 25.6 Å². The van der Waals surface area contributed by atoms with Crippen LogP contribution in [0.25, 0.3) is 11.3 Å². The zero-order valence-corrected chi connectivity index (χ0v) is 16.3. The Morgan fingerprint density at radius 3 is 2.47 bits per heavy atom. The van der Waals surface area contributed by atoms with E-state index in [0.717, 1.165) is 17.7 Å². The van der Waals surface area contributed by atoms with E-state index in [2.05, 4.69) is 10.1 Å². The first-order valence-electron chi connectivity index (χ1n) is 9.22. The molecule has 6 nitrogen and oxygen atoms in total. The molecule has 0 bridgehead atoms. The second-order valence-electron chi connectivity index (χ2n) is 7.07. The number of benzene rings is 1. The number of fused-ring (bicyclic) bond motifs is 1. The van der Waals surface area contributed by atoms with Crippen molar-refractivity contribution in [3.05, 3.63) is 64.7 Å². The van der Waals surface area contributed by atoms with Crippen LogP contribution < -0.4 is 4.74 Å². The van der Waals surface area contributed by atoms with Crippen molar-refractivity contribution in [3.63, 3.8) is 0 Å². The number of hydrogen-bond donors (Lipinski definition) is 0. The van der Waals surface area contributed by atoms with E-state index >= 15 is 0 Å². The lowest BCUT2D eigenvalue weighted by molar-refractivity contribution is -0.137. The molecule has 1 aliphatic heterocycles. The van der Waals surface area contributed by atoms with E-state index in [9.17, 15) is 18.0 Å². The molecule has 1 aromatic carbocycles. The fourth-order valence-corrected chi connectivity index (χ4v) is 3.38. The number of aryl methyl sites for hydroxylation is 2. The van der Waals surface area contributed by atoms with Gasteiger partial charge in [-0.25, -0.2) is 4.98 Å². The third-order valence-electron chi connectivity index (χ3n) is 4.92. The Kier molecular flexibility index (Phi) is 4.97. The highest BCUT2D eigenvalue weighted by Gasteiger charge is 2.30. The molecule has 4 rings (SSSR count). The average Bonchev–Trinajstić information content (AvgIpc) is 2.95. The highest BCUT2D eigenvalue weighted by atomic mass is 19.4. The first-order chi connectivity index (χ1) is 14.2. The van der Waals surface area contributed by atoms with Crippen LogP contribution in [0.1, 0.15) is 28.3 Å². The molecule has 0 saturated carbocycles. The first-order valence-corrected chi connectivity index (χ1v) is 9.22. The Hall–Kier alpha value is -3.36. The Balaban J connectivity index is 1.60. The molecular weight excluding hydrogens is 399 g/mol. The molecule has 0 radical (unpaired) electrons. The van der Waals surface area contributed by atoms with Crippen LogP contribution in [-0.4, -0.2) is 27.6 Å². The molecule has 0 atom stereocenters. The normalized spacial score (nSPS) is 14.3. The lowest BCUT2D eigenvalue weighted by Gasteiger charge is -2.20. The van der Waals surface area contributed by atoms with Crippen LogP contribution in [0.5, 0.6) is 5.75 Å². The van der Waals surface area contributed by atoms with Crippen LogP contribution in [0, 0.1) is 13.8 Å². The number of aromatic nitrogens is 2. The quantitative estimate of drug-likeness (QED) is 0.636. The molecule has 2 aromatic heterocycles. The number of carbonyl (C=O) groups is 1. The van der Waals surface area contributed by atoms with Crippen LogP contribution in [0.2, 0.25) is 0 Å². The van der Waals surface area contributed by atoms with Crippen LogP contribution in [0.4, 0.5) is 13.2 Å². The molecule has 156 valence electrons. The van der Waals surface area contributed by atoms with E-state index < -0.39 is 11.7 Å². The van der Waals surface area contributed by atoms with Gasteiger partial charge in [0, 0.05) is 6.54 Å². The SMILES string of the molecule is Cc1noc(C)c1-c1ccc2c(n1)CN(Cc1ccc(C(F)(F)F)cc1)C(=O)CO2. The van der Waals surface area contributed by atoms with Gasteiger partial charge in [-0.3, -0.25) is 4.79 Å². The Morgan fingerprint density at radius 1 is 1.10 bits per heavy atom. The average molecular weight is 417 g/mol. The fourth-order valence-electron chi connectivity index (χ4n) is 3.38. The lowest BCUT2D eigenvalue weighted by Crippen LogP contribution is -2.32. The zero-order chi connectivity index (χ0) is 21.5. The van der Waals surface area contributed by atoms with E-state index in [0.29, 0.717) is 34.2 Å². The topological polar surface area (TPSA) is 68.5 Å². The number of hydrogen-bond acceptors (Lipinski definition) is 5. The number of ether oxygens (including phenoxy) is 1. The second-order valence-corrected chi connectivity index (χ2v) is 7.07. The zero-order valence-electron chi connectivity index (χ0n) is 16.3. The molecule has 3 aromatic rings. The number of rotatable bonds is 3. The molecule has 0 aliphatic carbocycles. The summed E-state index contributed by atoms with van der Waals surface area (Å²) >= 11 is 0. The number of alkyl halides is 3. The summed E-state index contributed by atoms with van der Waals surface area (Å²) in [7, 11) is 0. The number of nitrogens with zero attached hydrogens (tertiary/aromatic N) is 3. The smallest absolute Gasteiger partial charge is 0.416 e. The van der Waals surface area contributed by atoms with Crippen LogP contribution >= 0.6 is 0 Å². The summed E-state index contributed by atoms with van der Waals surface area (Å²) in [5.41, 5.74) is 2.55. The van der Waals surface area contributed by atoms with Gasteiger partial charge in [-0.05, 0) is 43.7 Å². The number of amides is 1. The monoisotopic (exact) mass is 417 g/mol. The summed E-state index contributed by atoms with van der Waals surface area (Å²) in [6, 6.07) is 8.29. The maximum absolute atomic E-state index is 12.8. The minimum atomic E-state index is -4.40. The van der Waals surface area contributed by atoms with Gasteiger partial charge in [0.1, 0.15) is 17.2 Å². The van der Waals surface area contributed by atoms with Gasteiger partial charge in [0.05, 0.1) is 29.1 Å². The third-order valence-corrected chi connectivity index (χ3v) is 4.92. The summed E-state index contributed by atoms with van der Waals surface area (Å²) in [4.78, 5) is 18.7. The molecule has 9 heteroatoms. The molecule has 1 amide bonds. The third kappa shape index (κ3) is 3.87. The molecule has 3 heterocycles. The molecule has 0 spiro atoms. The highest BCUT2D eigenvalue weighted by molar-refractivity contribution is 5.78. The molecule has 0 fully saturated rings. The summed E-state index contributed by atoms with van der Waals surface area (Å²) in [5.74, 6) is 0.854. The minimum Gasteiger partial charge on any atom is -0.482 e. The van der Waals surface area contributed by atoms with Gasteiger partial charge in [0.15, 0.2) is 6.61 Å². The fraction of sp³-hybridized carbons (Fsp3) is 0.286. The van der Waals surface area contributed by atoms with E-state index in [1.165, 1.54) is 17.0 Å². The van der Waals surface area contributed by atoms with Crippen molar-refractivity contribution in [1.82, 2.24) is 15.0 Å². The van der Waals surface area contributed by atoms with Gasteiger partial charge in [-0.1, -0.05) is 17.3 Å². The Bertz CT molecular complexity index is 1070. The molecule has 0 saturated heterocycles. The van der Waals surface area contributed by atoms with Gasteiger partial charge in [-0.2, -0.15) is 13.2 Å². The van der Waals surface area contributed by atoms with Crippen molar-refractivity contribution < 1.29 is 27.2 Å². The van der Waals surface area contributed by atoms with Crippen LogP contribution in [-0.2, 0) is 24.1 Å². The molecular formula is C21H18F3N3O3. The second kappa shape index (κ2) is 7.47. The summed E-state index contributed by atoms with van der Waals surface area (Å²) in [6.07, 6.45) is -4.40. The summed E-state index contributed by atoms with van der Waals surface area (Å²) < 4.78 is 49.1.